The third-order valence-electron chi connectivity index (χ3n) is 7.30. The van der Waals surface area contributed by atoms with Crippen LogP contribution in [0, 0.1) is 0 Å². The molecule has 31 heavy (non-hydrogen) atoms. The molecule has 3 N–H and O–H groups in total. The van der Waals surface area contributed by atoms with Gasteiger partial charge in [-0.2, -0.15) is 0 Å². The first-order valence-electron chi connectivity index (χ1n) is 12.3. The molecular weight excluding hydrogens is 384 g/mol. The van der Waals surface area contributed by atoms with Gasteiger partial charge in [0, 0.05) is 34.4 Å². The molecule has 1 saturated carbocycles. The largest absolute Gasteiger partial charge is 0.361 e. The molecule has 2 heterocycles. The highest BCUT2D eigenvalue weighted by molar-refractivity contribution is 5.94. The molecule has 1 aromatic carbocycles. The Labute approximate surface area is 187 Å². The van der Waals surface area contributed by atoms with Crippen molar-refractivity contribution >= 4 is 22.6 Å². The highest BCUT2D eigenvalue weighted by atomic mass is 16.2. The summed E-state index contributed by atoms with van der Waals surface area (Å²) < 4.78 is 0. The van der Waals surface area contributed by atoms with Crippen molar-refractivity contribution in [2.24, 2.45) is 0 Å². The normalized spacial score (nSPS) is 20.4. The van der Waals surface area contributed by atoms with Crippen LogP contribution in [0.1, 0.15) is 90.0 Å². The number of H-pyrrole nitrogens is 1. The van der Waals surface area contributed by atoms with Crippen LogP contribution in [0.5, 0.6) is 0 Å². The van der Waals surface area contributed by atoms with Gasteiger partial charge in [0.2, 0.25) is 0 Å². The molecule has 2 aliphatic rings. The summed E-state index contributed by atoms with van der Waals surface area (Å²) in [5.41, 5.74) is 3.67. The minimum atomic E-state index is -0.0690. The number of carbonyl (C=O) groups is 1. The van der Waals surface area contributed by atoms with Gasteiger partial charge in [-0.25, -0.2) is 4.79 Å². The lowest BCUT2D eigenvalue weighted by atomic mass is 9.87. The Hall–Kier alpha value is -2.01. The minimum Gasteiger partial charge on any atom is -0.361 e. The van der Waals surface area contributed by atoms with Crippen molar-refractivity contribution in [2.45, 2.75) is 96.1 Å². The minimum absolute atomic E-state index is 0.0690. The zero-order valence-corrected chi connectivity index (χ0v) is 19.6. The van der Waals surface area contributed by atoms with Gasteiger partial charge in [0.25, 0.3) is 0 Å². The molecule has 2 amide bonds. The van der Waals surface area contributed by atoms with Crippen LogP contribution in [0.4, 0.5) is 10.5 Å². The second-order valence-electron chi connectivity index (χ2n) is 10.6. The van der Waals surface area contributed by atoms with Crippen LogP contribution in [-0.2, 0) is 0 Å². The van der Waals surface area contributed by atoms with Crippen LogP contribution in [-0.4, -0.2) is 40.6 Å². The Bertz CT molecular complexity index is 865. The van der Waals surface area contributed by atoms with E-state index in [0.717, 1.165) is 37.1 Å². The van der Waals surface area contributed by atoms with Gasteiger partial charge in [-0.05, 0) is 89.2 Å². The highest BCUT2D eigenvalue weighted by Gasteiger charge is 2.28. The van der Waals surface area contributed by atoms with Crippen LogP contribution in [0.25, 0.3) is 10.9 Å². The average Bonchev–Trinajstić information content (AvgIpc) is 3.12. The van der Waals surface area contributed by atoms with Crippen molar-refractivity contribution in [1.82, 2.24) is 15.2 Å². The summed E-state index contributed by atoms with van der Waals surface area (Å²) in [7, 11) is 0. The summed E-state index contributed by atoms with van der Waals surface area (Å²) in [5, 5.41) is 7.55. The molecule has 0 spiro atoms. The maximum atomic E-state index is 12.6. The van der Waals surface area contributed by atoms with E-state index in [-0.39, 0.29) is 11.6 Å². The third-order valence-corrected chi connectivity index (χ3v) is 7.30. The number of benzene rings is 1. The Kier molecular flexibility index (Phi) is 6.90. The van der Waals surface area contributed by atoms with Crippen LogP contribution < -0.4 is 10.6 Å². The van der Waals surface area contributed by atoms with Gasteiger partial charge in [-0.3, -0.25) is 4.90 Å². The number of likely N-dealkylation sites (tertiary alicyclic amines) is 1. The van der Waals surface area contributed by atoms with Crippen LogP contribution in [0.15, 0.2) is 24.4 Å². The number of aromatic amines is 1. The van der Waals surface area contributed by atoms with E-state index < -0.39 is 0 Å². The Balaban J connectivity index is 1.40. The summed E-state index contributed by atoms with van der Waals surface area (Å²) in [6.45, 7) is 9.20. The quantitative estimate of drug-likeness (QED) is 0.535. The first kappa shape index (κ1) is 22.2. The van der Waals surface area contributed by atoms with E-state index in [1.807, 2.05) is 6.07 Å². The van der Waals surface area contributed by atoms with Gasteiger partial charge >= 0.3 is 6.03 Å². The van der Waals surface area contributed by atoms with E-state index in [1.165, 1.54) is 55.9 Å². The van der Waals surface area contributed by atoms with Crippen molar-refractivity contribution in [2.75, 3.05) is 18.4 Å². The second-order valence-corrected chi connectivity index (χ2v) is 10.6. The lowest BCUT2D eigenvalue weighted by molar-refractivity contribution is 0.102. The highest BCUT2D eigenvalue weighted by Crippen LogP contribution is 2.35. The Morgan fingerprint density at radius 3 is 2.35 bits per heavy atom. The fourth-order valence-corrected chi connectivity index (χ4v) is 5.37. The predicted octanol–water partition coefficient (Wildman–Crippen LogP) is 6.38. The predicted molar refractivity (Wildman–Crippen MR) is 130 cm³/mol. The summed E-state index contributed by atoms with van der Waals surface area (Å²) in [6.07, 6.45) is 13.1. The molecule has 0 atom stereocenters. The second kappa shape index (κ2) is 9.64. The summed E-state index contributed by atoms with van der Waals surface area (Å²) >= 11 is 0. The molecule has 0 unspecified atom stereocenters. The van der Waals surface area contributed by atoms with Gasteiger partial charge in [0.05, 0.1) is 0 Å². The van der Waals surface area contributed by atoms with Gasteiger partial charge in [0.1, 0.15) is 0 Å². The molecular formula is C26H40N4O. The maximum Gasteiger partial charge on any atom is 0.319 e. The number of urea groups is 1. The number of aromatic nitrogens is 1. The summed E-state index contributed by atoms with van der Waals surface area (Å²) in [6, 6.07) is 6.48. The molecule has 5 heteroatoms. The van der Waals surface area contributed by atoms with Gasteiger partial charge in [0.15, 0.2) is 0 Å². The number of rotatable bonds is 3. The smallest absolute Gasteiger partial charge is 0.319 e. The molecule has 1 saturated heterocycles. The standard InChI is InChI=1S/C26H40N4O/c1-26(2,3)30-15-13-19(14-16-30)23-18-27-24-12-11-21(17-22(23)24)29-25(31)28-20-9-7-5-4-6-8-10-20/h11-12,17-20,27H,4-10,13-16H2,1-3H3,(H2,28,29,31). The number of amides is 2. The number of hydrogen-bond acceptors (Lipinski definition) is 2. The first-order valence-corrected chi connectivity index (χ1v) is 12.3. The molecule has 5 nitrogen and oxygen atoms in total. The van der Waals surface area contributed by atoms with Crippen molar-refractivity contribution in [3.05, 3.63) is 30.0 Å². The van der Waals surface area contributed by atoms with Crippen LogP contribution in [0.3, 0.4) is 0 Å². The molecule has 0 bridgehead atoms. The van der Waals surface area contributed by atoms with Gasteiger partial charge in [-0.15, -0.1) is 0 Å². The lowest BCUT2D eigenvalue weighted by Crippen LogP contribution is -2.45. The van der Waals surface area contributed by atoms with Crippen LogP contribution >= 0.6 is 0 Å². The molecule has 1 aliphatic carbocycles. The number of nitrogens with one attached hydrogen (secondary N) is 3. The van der Waals surface area contributed by atoms with Crippen molar-refractivity contribution in [1.29, 1.82) is 0 Å². The molecule has 2 fully saturated rings. The van der Waals surface area contributed by atoms with E-state index in [1.54, 1.807) is 0 Å². The topological polar surface area (TPSA) is 60.2 Å². The van der Waals surface area contributed by atoms with E-state index in [9.17, 15) is 4.79 Å². The number of nitrogens with zero attached hydrogens (tertiary/aromatic N) is 1. The maximum absolute atomic E-state index is 12.6. The monoisotopic (exact) mass is 424 g/mol. The molecule has 170 valence electrons. The zero-order valence-electron chi connectivity index (χ0n) is 19.6. The number of anilines is 1. The average molecular weight is 425 g/mol. The van der Waals surface area contributed by atoms with E-state index in [2.05, 4.69) is 59.6 Å². The molecule has 0 radical (unpaired) electrons. The fourth-order valence-electron chi connectivity index (χ4n) is 5.37. The molecule has 2 aromatic rings. The molecule has 4 rings (SSSR count). The van der Waals surface area contributed by atoms with Crippen molar-refractivity contribution < 1.29 is 4.79 Å². The van der Waals surface area contributed by atoms with Crippen LogP contribution in [0.2, 0.25) is 0 Å². The van der Waals surface area contributed by atoms with E-state index in [4.69, 9.17) is 0 Å². The number of hydrogen-bond donors (Lipinski definition) is 3. The first-order chi connectivity index (χ1) is 14.9. The van der Waals surface area contributed by atoms with Crippen molar-refractivity contribution in [3.8, 4) is 0 Å². The number of piperidine rings is 1. The fraction of sp³-hybridized carbons (Fsp3) is 0.654. The molecule has 1 aliphatic heterocycles. The number of fused-ring (bicyclic) bond motifs is 1. The van der Waals surface area contributed by atoms with E-state index >= 15 is 0 Å². The van der Waals surface area contributed by atoms with Gasteiger partial charge < -0.3 is 15.6 Å². The molecule has 1 aromatic heterocycles. The van der Waals surface area contributed by atoms with E-state index in [0.29, 0.717) is 12.0 Å². The SMILES string of the molecule is CC(C)(C)N1CCC(c2c[nH]c3ccc(NC(=O)NC4CCCCCCC4)cc23)CC1. The summed E-state index contributed by atoms with van der Waals surface area (Å²) in [4.78, 5) is 18.7. The van der Waals surface area contributed by atoms with Gasteiger partial charge in [-0.1, -0.05) is 32.1 Å². The zero-order chi connectivity index (χ0) is 21.8. The Morgan fingerprint density at radius 2 is 1.68 bits per heavy atom. The third kappa shape index (κ3) is 5.62. The Morgan fingerprint density at radius 1 is 1.00 bits per heavy atom. The summed E-state index contributed by atoms with van der Waals surface area (Å²) in [5.74, 6) is 0.575. The number of carbonyl (C=O) groups excluding carboxylic acids is 1. The van der Waals surface area contributed by atoms with Crippen molar-refractivity contribution in [3.63, 3.8) is 0 Å². The lowest BCUT2D eigenvalue weighted by Gasteiger charge is -2.40.